The van der Waals surface area contributed by atoms with Crippen LogP contribution in [0, 0.1) is 5.92 Å². The molecule has 1 amide bonds. The van der Waals surface area contributed by atoms with Crippen LogP contribution in [0.4, 0.5) is 0 Å². The SMILES string of the molecule is COc1ccc(C(=O)N2CCN(CC3CC=CCC3)CC2)cc1. The number of piperazine rings is 1. The molecule has 1 aromatic carbocycles. The van der Waals surface area contributed by atoms with Gasteiger partial charge in [-0.15, -0.1) is 0 Å². The summed E-state index contributed by atoms with van der Waals surface area (Å²) in [6.07, 6.45) is 8.35. The van der Waals surface area contributed by atoms with E-state index in [-0.39, 0.29) is 5.91 Å². The highest BCUT2D eigenvalue weighted by atomic mass is 16.5. The lowest BCUT2D eigenvalue weighted by Gasteiger charge is -2.36. The number of methoxy groups -OCH3 is 1. The van der Waals surface area contributed by atoms with Crippen molar-refractivity contribution in [1.29, 1.82) is 0 Å². The molecule has 1 heterocycles. The van der Waals surface area contributed by atoms with Crippen LogP contribution in [-0.2, 0) is 0 Å². The van der Waals surface area contributed by atoms with Gasteiger partial charge in [0.2, 0.25) is 0 Å². The molecule has 3 rings (SSSR count). The Bertz CT molecular complexity index is 545. The number of nitrogens with zero attached hydrogens (tertiary/aromatic N) is 2. The van der Waals surface area contributed by atoms with Gasteiger partial charge in [0.05, 0.1) is 7.11 Å². The first-order valence-electron chi connectivity index (χ1n) is 8.57. The van der Waals surface area contributed by atoms with Crippen molar-refractivity contribution in [2.45, 2.75) is 19.3 Å². The number of amides is 1. The molecule has 1 saturated heterocycles. The third-order valence-corrected chi connectivity index (χ3v) is 4.89. The largest absolute Gasteiger partial charge is 0.497 e. The van der Waals surface area contributed by atoms with Gasteiger partial charge in [-0.1, -0.05) is 12.2 Å². The Labute approximate surface area is 138 Å². The molecule has 0 bridgehead atoms. The van der Waals surface area contributed by atoms with Gasteiger partial charge in [-0.25, -0.2) is 0 Å². The minimum absolute atomic E-state index is 0.132. The van der Waals surface area contributed by atoms with Gasteiger partial charge in [0.1, 0.15) is 5.75 Å². The topological polar surface area (TPSA) is 32.8 Å². The smallest absolute Gasteiger partial charge is 0.253 e. The monoisotopic (exact) mass is 314 g/mol. The number of carbonyl (C=O) groups is 1. The molecule has 4 nitrogen and oxygen atoms in total. The highest BCUT2D eigenvalue weighted by molar-refractivity contribution is 5.94. The first-order chi connectivity index (χ1) is 11.3. The molecule has 1 fully saturated rings. The molecule has 23 heavy (non-hydrogen) atoms. The molecule has 124 valence electrons. The summed E-state index contributed by atoms with van der Waals surface area (Å²) in [7, 11) is 1.64. The number of benzene rings is 1. The van der Waals surface area contributed by atoms with Gasteiger partial charge >= 0.3 is 0 Å². The maximum Gasteiger partial charge on any atom is 0.253 e. The van der Waals surface area contributed by atoms with Crippen molar-refractivity contribution in [3.63, 3.8) is 0 Å². The highest BCUT2D eigenvalue weighted by Crippen LogP contribution is 2.20. The number of hydrogen-bond acceptors (Lipinski definition) is 3. The van der Waals surface area contributed by atoms with Crippen molar-refractivity contribution in [3.8, 4) is 5.75 Å². The third kappa shape index (κ3) is 4.14. The van der Waals surface area contributed by atoms with Crippen molar-refractivity contribution in [1.82, 2.24) is 9.80 Å². The fraction of sp³-hybridized carbons (Fsp3) is 0.526. The minimum Gasteiger partial charge on any atom is -0.497 e. The summed E-state index contributed by atoms with van der Waals surface area (Å²) in [6, 6.07) is 7.39. The van der Waals surface area contributed by atoms with Crippen LogP contribution in [0.1, 0.15) is 29.6 Å². The van der Waals surface area contributed by atoms with Gasteiger partial charge in [-0.2, -0.15) is 0 Å². The van der Waals surface area contributed by atoms with E-state index in [2.05, 4.69) is 17.1 Å². The summed E-state index contributed by atoms with van der Waals surface area (Å²) in [6.45, 7) is 4.81. The van der Waals surface area contributed by atoms with Crippen molar-refractivity contribution in [3.05, 3.63) is 42.0 Å². The summed E-state index contributed by atoms with van der Waals surface area (Å²) in [5.41, 5.74) is 0.747. The van der Waals surface area contributed by atoms with Gasteiger partial charge in [0.15, 0.2) is 0 Å². The van der Waals surface area contributed by atoms with Crippen LogP contribution in [0.3, 0.4) is 0 Å². The number of ether oxygens (including phenoxy) is 1. The zero-order valence-corrected chi connectivity index (χ0v) is 13.9. The molecule has 0 radical (unpaired) electrons. The van der Waals surface area contributed by atoms with Crippen LogP contribution >= 0.6 is 0 Å². The van der Waals surface area contributed by atoms with Crippen molar-refractivity contribution in [2.75, 3.05) is 39.8 Å². The lowest BCUT2D eigenvalue weighted by molar-refractivity contribution is 0.0614. The molecule has 1 aromatic rings. The van der Waals surface area contributed by atoms with E-state index in [0.717, 1.165) is 43.4 Å². The van der Waals surface area contributed by atoms with Gasteiger partial charge in [0.25, 0.3) is 5.91 Å². The second-order valence-corrected chi connectivity index (χ2v) is 6.47. The molecule has 0 aromatic heterocycles. The summed E-state index contributed by atoms with van der Waals surface area (Å²) in [5.74, 6) is 1.71. The van der Waals surface area contributed by atoms with Gasteiger partial charge < -0.3 is 9.64 Å². The molecule has 1 atom stereocenters. The Morgan fingerprint density at radius 3 is 2.48 bits per heavy atom. The summed E-state index contributed by atoms with van der Waals surface area (Å²) >= 11 is 0. The van der Waals surface area contributed by atoms with Crippen LogP contribution in [0.15, 0.2) is 36.4 Å². The van der Waals surface area contributed by atoms with Gasteiger partial charge in [0, 0.05) is 38.3 Å². The standard InChI is InChI=1S/C19H26N2O2/c1-23-18-9-7-17(8-10-18)19(22)21-13-11-20(12-14-21)15-16-5-3-2-4-6-16/h2-3,7-10,16H,4-6,11-15H2,1H3. The normalized spacial score (nSPS) is 22.1. The zero-order valence-electron chi connectivity index (χ0n) is 13.9. The highest BCUT2D eigenvalue weighted by Gasteiger charge is 2.23. The van der Waals surface area contributed by atoms with Gasteiger partial charge in [-0.05, 0) is 49.4 Å². The van der Waals surface area contributed by atoms with Crippen LogP contribution in [0.25, 0.3) is 0 Å². The Balaban J connectivity index is 1.49. The molecule has 1 aliphatic heterocycles. The second-order valence-electron chi connectivity index (χ2n) is 6.47. The maximum absolute atomic E-state index is 12.6. The lowest BCUT2D eigenvalue weighted by atomic mass is 9.94. The van der Waals surface area contributed by atoms with Crippen molar-refractivity contribution < 1.29 is 9.53 Å². The first kappa shape index (κ1) is 16.1. The molecule has 2 aliphatic rings. The van der Waals surface area contributed by atoms with E-state index in [1.165, 1.54) is 25.8 Å². The Kier molecular flexibility index (Phi) is 5.34. The second kappa shape index (κ2) is 7.64. The fourth-order valence-electron chi connectivity index (χ4n) is 3.44. The minimum atomic E-state index is 0.132. The Morgan fingerprint density at radius 2 is 1.87 bits per heavy atom. The predicted molar refractivity (Wildman–Crippen MR) is 91.8 cm³/mol. The third-order valence-electron chi connectivity index (χ3n) is 4.89. The fourth-order valence-corrected chi connectivity index (χ4v) is 3.44. The Hall–Kier alpha value is -1.81. The molecule has 0 saturated carbocycles. The first-order valence-corrected chi connectivity index (χ1v) is 8.57. The summed E-state index contributed by atoms with van der Waals surface area (Å²) in [4.78, 5) is 17.0. The van der Waals surface area contributed by atoms with E-state index in [1.54, 1.807) is 7.11 Å². The summed E-state index contributed by atoms with van der Waals surface area (Å²) in [5, 5.41) is 0. The van der Waals surface area contributed by atoms with Crippen LogP contribution in [0.5, 0.6) is 5.75 Å². The maximum atomic E-state index is 12.6. The Morgan fingerprint density at radius 1 is 1.13 bits per heavy atom. The van der Waals surface area contributed by atoms with Crippen LogP contribution < -0.4 is 4.74 Å². The van der Waals surface area contributed by atoms with E-state index in [9.17, 15) is 4.79 Å². The molecule has 0 spiro atoms. The van der Waals surface area contributed by atoms with Crippen LogP contribution in [-0.4, -0.2) is 55.5 Å². The van der Waals surface area contributed by atoms with E-state index < -0.39 is 0 Å². The number of rotatable bonds is 4. The number of carbonyl (C=O) groups excluding carboxylic acids is 1. The summed E-state index contributed by atoms with van der Waals surface area (Å²) < 4.78 is 5.14. The van der Waals surface area contributed by atoms with E-state index in [0.29, 0.717) is 0 Å². The molecule has 1 aliphatic carbocycles. The van der Waals surface area contributed by atoms with E-state index >= 15 is 0 Å². The predicted octanol–water partition coefficient (Wildman–Crippen LogP) is 2.81. The zero-order chi connectivity index (χ0) is 16.1. The molecular weight excluding hydrogens is 288 g/mol. The van der Waals surface area contributed by atoms with E-state index in [1.807, 2.05) is 29.2 Å². The molecule has 1 unspecified atom stereocenters. The van der Waals surface area contributed by atoms with Gasteiger partial charge in [-0.3, -0.25) is 9.69 Å². The molecule has 4 heteroatoms. The number of allylic oxidation sites excluding steroid dienone is 2. The average Bonchev–Trinajstić information content (AvgIpc) is 2.63. The van der Waals surface area contributed by atoms with E-state index in [4.69, 9.17) is 4.74 Å². The molecule has 0 N–H and O–H groups in total. The van der Waals surface area contributed by atoms with Crippen molar-refractivity contribution in [2.24, 2.45) is 5.92 Å². The quantitative estimate of drug-likeness (QED) is 0.801. The average molecular weight is 314 g/mol. The number of hydrogen-bond donors (Lipinski definition) is 0. The van der Waals surface area contributed by atoms with Crippen LogP contribution in [0.2, 0.25) is 0 Å². The molecular formula is C19H26N2O2. The van der Waals surface area contributed by atoms with Crippen molar-refractivity contribution >= 4 is 5.91 Å². The lowest BCUT2D eigenvalue weighted by Crippen LogP contribution is -2.49.